The fourth-order valence-corrected chi connectivity index (χ4v) is 1.66. The average Bonchev–Trinajstić information content (AvgIpc) is 2.64. The lowest BCUT2D eigenvalue weighted by molar-refractivity contribution is -0.384. The quantitative estimate of drug-likeness (QED) is 0.635. The molecule has 0 saturated carbocycles. The van der Waals surface area contributed by atoms with Crippen LogP contribution in [-0.4, -0.2) is 14.7 Å². The molecule has 18 heavy (non-hydrogen) atoms. The smallest absolute Gasteiger partial charge is 0.294 e. The van der Waals surface area contributed by atoms with Crippen LogP contribution in [0.4, 0.5) is 11.5 Å². The second kappa shape index (κ2) is 4.18. The SMILES string of the molecule is Cc1nn(-c2ccccc2[N+](=O)[O-])c(N)c1C#N. The lowest BCUT2D eigenvalue weighted by Gasteiger charge is -2.04. The maximum Gasteiger partial charge on any atom is 0.294 e. The van der Waals surface area contributed by atoms with Crippen molar-refractivity contribution in [2.45, 2.75) is 6.92 Å². The van der Waals surface area contributed by atoms with Crippen LogP contribution in [0.25, 0.3) is 5.69 Å². The molecular formula is C11H9N5O2. The van der Waals surface area contributed by atoms with Crippen molar-refractivity contribution >= 4 is 11.5 Å². The molecule has 7 nitrogen and oxygen atoms in total. The molecule has 1 aromatic heterocycles. The minimum Gasteiger partial charge on any atom is -0.382 e. The topological polar surface area (TPSA) is 111 Å². The van der Waals surface area contributed by atoms with Gasteiger partial charge in [-0.1, -0.05) is 12.1 Å². The van der Waals surface area contributed by atoms with Gasteiger partial charge in [-0.05, 0) is 13.0 Å². The molecule has 2 rings (SSSR count). The van der Waals surface area contributed by atoms with Gasteiger partial charge in [-0.2, -0.15) is 10.4 Å². The largest absolute Gasteiger partial charge is 0.382 e. The minimum absolute atomic E-state index is 0.101. The highest BCUT2D eigenvalue weighted by molar-refractivity contribution is 5.60. The van der Waals surface area contributed by atoms with Crippen molar-refractivity contribution in [2.75, 3.05) is 5.73 Å². The van der Waals surface area contributed by atoms with Gasteiger partial charge in [-0.25, -0.2) is 4.68 Å². The second-order valence-electron chi connectivity index (χ2n) is 3.62. The summed E-state index contributed by atoms with van der Waals surface area (Å²) in [5.74, 6) is 0.101. The molecule has 0 radical (unpaired) electrons. The highest BCUT2D eigenvalue weighted by Crippen LogP contribution is 2.26. The number of anilines is 1. The molecule has 1 aromatic carbocycles. The molecule has 0 unspecified atom stereocenters. The van der Waals surface area contributed by atoms with E-state index in [-0.39, 0.29) is 22.8 Å². The van der Waals surface area contributed by atoms with Crippen LogP contribution < -0.4 is 5.73 Å². The fourth-order valence-electron chi connectivity index (χ4n) is 1.66. The highest BCUT2D eigenvalue weighted by Gasteiger charge is 2.20. The van der Waals surface area contributed by atoms with Gasteiger partial charge in [0.15, 0.2) is 0 Å². The van der Waals surface area contributed by atoms with Crippen molar-refractivity contribution in [3.63, 3.8) is 0 Å². The molecule has 0 fully saturated rings. The van der Waals surface area contributed by atoms with Gasteiger partial charge in [-0.15, -0.1) is 0 Å². The van der Waals surface area contributed by atoms with E-state index < -0.39 is 4.92 Å². The summed E-state index contributed by atoms with van der Waals surface area (Å²) >= 11 is 0. The van der Waals surface area contributed by atoms with Crippen LogP contribution in [-0.2, 0) is 0 Å². The molecule has 0 bridgehead atoms. The number of aromatic nitrogens is 2. The number of nitriles is 1. The molecular weight excluding hydrogens is 234 g/mol. The molecule has 2 N–H and O–H groups in total. The van der Waals surface area contributed by atoms with E-state index in [1.165, 1.54) is 16.8 Å². The summed E-state index contributed by atoms with van der Waals surface area (Å²) < 4.78 is 1.21. The van der Waals surface area contributed by atoms with Crippen LogP contribution in [0.3, 0.4) is 0 Å². The number of hydrogen-bond donors (Lipinski definition) is 1. The van der Waals surface area contributed by atoms with Gasteiger partial charge in [0.1, 0.15) is 23.1 Å². The number of nitrogens with zero attached hydrogens (tertiary/aromatic N) is 4. The van der Waals surface area contributed by atoms with Crippen LogP contribution in [0.1, 0.15) is 11.3 Å². The lowest BCUT2D eigenvalue weighted by atomic mass is 10.2. The Balaban J connectivity index is 2.71. The Labute approximate surface area is 102 Å². The summed E-state index contributed by atoms with van der Waals surface area (Å²) in [6, 6.07) is 8.01. The number of nitrogens with two attached hydrogens (primary N) is 1. The van der Waals surface area contributed by atoms with Crippen LogP contribution in [0.15, 0.2) is 24.3 Å². The normalized spacial score (nSPS) is 10.0. The minimum atomic E-state index is -0.516. The molecule has 1 heterocycles. The summed E-state index contributed by atoms with van der Waals surface area (Å²) in [6.45, 7) is 1.63. The van der Waals surface area contributed by atoms with E-state index in [4.69, 9.17) is 11.0 Å². The van der Waals surface area contributed by atoms with Gasteiger partial charge in [0.25, 0.3) is 5.69 Å². The summed E-state index contributed by atoms with van der Waals surface area (Å²) in [5, 5.41) is 23.9. The predicted octanol–water partition coefficient (Wildman–Crippen LogP) is 1.54. The third-order valence-electron chi connectivity index (χ3n) is 2.51. The molecule has 0 amide bonds. The number of rotatable bonds is 2. The fraction of sp³-hybridized carbons (Fsp3) is 0.0909. The highest BCUT2D eigenvalue weighted by atomic mass is 16.6. The summed E-state index contributed by atoms with van der Waals surface area (Å²) in [6.07, 6.45) is 0. The van der Waals surface area contributed by atoms with Crippen molar-refractivity contribution < 1.29 is 4.92 Å². The molecule has 0 spiro atoms. The van der Waals surface area contributed by atoms with Crippen LogP contribution in [0.5, 0.6) is 0 Å². The Morgan fingerprint density at radius 3 is 2.72 bits per heavy atom. The van der Waals surface area contributed by atoms with Crippen LogP contribution >= 0.6 is 0 Å². The van der Waals surface area contributed by atoms with E-state index in [0.29, 0.717) is 5.69 Å². The number of benzene rings is 1. The standard InChI is InChI=1S/C11H9N5O2/c1-7-8(6-12)11(13)15(14-7)9-4-2-3-5-10(9)16(17)18/h2-5H,13H2,1H3. The van der Waals surface area contributed by atoms with E-state index in [0.717, 1.165) is 0 Å². The van der Waals surface area contributed by atoms with Gasteiger partial charge < -0.3 is 5.73 Å². The predicted molar refractivity (Wildman–Crippen MR) is 64.1 cm³/mol. The molecule has 2 aromatic rings. The first kappa shape index (κ1) is 11.6. The van der Waals surface area contributed by atoms with Crippen molar-refractivity contribution in [1.29, 1.82) is 5.26 Å². The van der Waals surface area contributed by atoms with Crippen LogP contribution in [0.2, 0.25) is 0 Å². The zero-order chi connectivity index (χ0) is 13.3. The maximum atomic E-state index is 10.9. The van der Waals surface area contributed by atoms with Gasteiger partial charge >= 0.3 is 0 Å². The molecule has 0 aliphatic heterocycles. The number of nitro benzene ring substituents is 1. The van der Waals surface area contributed by atoms with Crippen molar-refractivity contribution in [3.05, 3.63) is 45.6 Å². The van der Waals surface area contributed by atoms with Gasteiger partial charge in [-0.3, -0.25) is 10.1 Å². The Hall–Kier alpha value is -2.88. The zero-order valence-electron chi connectivity index (χ0n) is 9.49. The summed E-state index contributed by atoms with van der Waals surface area (Å²) in [7, 11) is 0. The number of nitro groups is 1. The Morgan fingerprint density at radius 1 is 1.50 bits per heavy atom. The maximum absolute atomic E-state index is 10.9. The first-order chi connectivity index (χ1) is 8.56. The van der Waals surface area contributed by atoms with Crippen molar-refractivity contribution in [3.8, 4) is 11.8 Å². The Morgan fingerprint density at radius 2 is 2.17 bits per heavy atom. The van der Waals surface area contributed by atoms with E-state index >= 15 is 0 Å². The van der Waals surface area contributed by atoms with Gasteiger partial charge in [0.05, 0.1) is 10.6 Å². The Kier molecular flexibility index (Phi) is 2.69. The third kappa shape index (κ3) is 1.66. The first-order valence-corrected chi connectivity index (χ1v) is 5.05. The Bertz CT molecular complexity index is 669. The molecule has 0 aliphatic rings. The van der Waals surface area contributed by atoms with Gasteiger partial charge in [0.2, 0.25) is 0 Å². The second-order valence-corrected chi connectivity index (χ2v) is 3.62. The first-order valence-electron chi connectivity index (χ1n) is 5.05. The van der Waals surface area contributed by atoms with Gasteiger partial charge in [0, 0.05) is 6.07 Å². The molecule has 7 heteroatoms. The lowest BCUT2D eigenvalue weighted by Crippen LogP contribution is -2.05. The average molecular weight is 243 g/mol. The summed E-state index contributed by atoms with van der Waals surface area (Å²) in [4.78, 5) is 10.4. The van der Waals surface area contributed by atoms with E-state index in [1.807, 2.05) is 6.07 Å². The third-order valence-corrected chi connectivity index (χ3v) is 2.51. The summed E-state index contributed by atoms with van der Waals surface area (Å²) in [5.41, 5.74) is 6.56. The molecule has 90 valence electrons. The van der Waals surface area contributed by atoms with Crippen molar-refractivity contribution in [1.82, 2.24) is 9.78 Å². The molecule has 0 saturated heterocycles. The molecule has 0 aliphatic carbocycles. The zero-order valence-corrected chi connectivity index (χ0v) is 9.49. The van der Waals surface area contributed by atoms with Crippen molar-refractivity contribution in [2.24, 2.45) is 0 Å². The molecule has 0 atom stereocenters. The van der Waals surface area contributed by atoms with E-state index in [1.54, 1.807) is 19.1 Å². The number of nitrogen functional groups attached to an aromatic ring is 1. The van der Waals surface area contributed by atoms with E-state index in [9.17, 15) is 10.1 Å². The monoisotopic (exact) mass is 243 g/mol. The van der Waals surface area contributed by atoms with E-state index in [2.05, 4.69) is 5.10 Å². The van der Waals surface area contributed by atoms with Crippen LogP contribution in [0, 0.1) is 28.4 Å². The number of para-hydroxylation sites is 2. The number of hydrogen-bond acceptors (Lipinski definition) is 5. The number of aryl methyl sites for hydroxylation is 1.